The molecule has 0 bridgehead atoms. The number of aromatic nitrogens is 3. The minimum absolute atomic E-state index is 0.409. The minimum Gasteiger partial charge on any atom is -0.440 e. The summed E-state index contributed by atoms with van der Waals surface area (Å²) in [5, 5.41) is 3.99. The molecule has 2 heterocycles. The number of ether oxygens (including phenoxy) is 1. The first-order chi connectivity index (χ1) is 9.25. The van der Waals surface area contributed by atoms with Gasteiger partial charge in [0, 0.05) is 6.61 Å². The molecule has 1 fully saturated rings. The lowest BCUT2D eigenvalue weighted by Crippen LogP contribution is -2.26. The Balaban J connectivity index is 1.94. The molecule has 102 valence electrons. The van der Waals surface area contributed by atoms with Crippen LogP contribution in [0.2, 0.25) is 0 Å². The van der Waals surface area contributed by atoms with Crippen LogP contribution in [0.4, 0.5) is 0 Å². The maximum atomic E-state index is 5.89. The lowest BCUT2D eigenvalue weighted by atomic mass is 10.0. The predicted octanol–water partition coefficient (Wildman–Crippen LogP) is 2.84. The Morgan fingerprint density at radius 1 is 1.37 bits per heavy atom. The summed E-state index contributed by atoms with van der Waals surface area (Å²) < 4.78 is 16.6. The third kappa shape index (κ3) is 2.06. The van der Waals surface area contributed by atoms with Crippen LogP contribution in [0.3, 0.4) is 0 Å². The molecule has 1 saturated carbocycles. The van der Waals surface area contributed by atoms with Gasteiger partial charge in [-0.3, -0.25) is 0 Å². The van der Waals surface area contributed by atoms with Crippen molar-refractivity contribution in [3.05, 3.63) is 18.0 Å². The highest BCUT2D eigenvalue weighted by molar-refractivity contribution is 5.48. The van der Waals surface area contributed by atoms with Gasteiger partial charge >= 0.3 is 0 Å². The summed E-state index contributed by atoms with van der Waals surface area (Å²) in [5.74, 6) is 1.55. The summed E-state index contributed by atoms with van der Waals surface area (Å²) in [4.78, 5) is 8.48. The van der Waals surface area contributed by atoms with Crippen molar-refractivity contribution in [2.75, 3.05) is 6.61 Å². The SMILES string of the molecule is CCOC1(c2nc(-c3ocnc3C)no2)CCCC1. The maximum absolute atomic E-state index is 5.89. The number of oxazole rings is 1. The van der Waals surface area contributed by atoms with E-state index in [4.69, 9.17) is 13.7 Å². The Labute approximate surface area is 111 Å². The van der Waals surface area contributed by atoms with E-state index in [1.54, 1.807) is 0 Å². The topological polar surface area (TPSA) is 74.2 Å². The van der Waals surface area contributed by atoms with Gasteiger partial charge in [0.1, 0.15) is 5.60 Å². The van der Waals surface area contributed by atoms with Crippen LogP contribution >= 0.6 is 0 Å². The van der Waals surface area contributed by atoms with Crippen LogP contribution in [0.15, 0.2) is 15.3 Å². The van der Waals surface area contributed by atoms with E-state index in [9.17, 15) is 0 Å². The zero-order valence-corrected chi connectivity index (χ0v) is 11.2. The van der Waals surface area contributed by atoms with Gasteiger partial charge in [-0.2, -0.15) is 4.98 Å². The molecule has 0 aromatic carbocycles. The van der Waals surface area contributed by atoms with Crippen LogP contribution in [-0.4, -0.2) is 21.7 Å². The lowest BCUT2D eigenvalue weighted by molar-refractivity contribution is -0.0610. The minimum atomic E-state index is -0.409. The highest BCUT2D eigenvalue weighted by Gasteiger charge is 2.42. The van der Waals surface area contributed by atoms with Crippen molar-refractivity contribution in [1.29, 1.82) is 0 Å². The highest BCUT2D eigenvalue weighted by atomic mass is 16.5. The molecule has 1 aliphatic rings. The molecule has 1 aliphatic carbocycles. The first kappa shape index (κ1) is 12.3. The zero-order chi connectivity index (χ0) is 13.3. The fourth-order valence-corrected chi connectivity index (χ4v) is 2.66. The van der Waals surface area contributed by atoms with Gasteiger partial charge in [-0.1, -0.05) is 5.16 Å². The van der Waals surface area contributed by atoms with Crippen LogP contribution in [0.5, 0.6) is 0 Å². The lowest BCUT2D eigenvalue weighted by Gasteiger charge is -2.23. The van der Waals surface area contributed by atoms with E-state index in [2.05, 4.69) is 15.1 Å². The monoisotopic (exact) mass is 263 g/mol. The van der Waals surface area contributed by atoms with Crippen LogP contribution in [0, 0.1) is 6.92 Å². The molecule has 6 heteroatoms. The molecule has 2 aromatic rings. The standard InChI is InChI=1S/C13H17N3O3/c1-3-18-13(6-4-5-7-13)12-15-11(16-19-12)10-9(2)14-8-17-10/h8H,3-7H2,1-2H3. The Bertz CT molecular complexity index is 555. The smallest absolute Gasteiger partial charge is 0.259 e. The normalized spacial score (nSPS) is 18.0. The molecule has 6 nitrogen and oxygen atoms in total. The third-order valence-corrected chi connectivity index (χ3v) is 3.60. The van der Waals surface area contributed by atoms with E-state index in [1.807, 2.05) is 13.8 Å². The van der Waals surface area contributed by atoms with Crippen molar-refractivity contribution in [1.82, 2.24) is 15.1 Å². The van der Waals surface area contributed by atoms with Gasteiger partial charge in [0.25, 0.3) is 5.89 Å². The summed E-state index contributed by atoms with van der Waals surface area (Å²) in [6.45, 7) is 4.47. The molecule has 2 aromatic heterocycles. The Morgan fingerprint density at radius 3 is 2.79 bits per heavy atom. The molecule has 19 heavy (non-hydrogen) atoms. The van der Waals surface area contributed by atoms with E-state index >= 15 is 0 Å². The second-order valence-corrected chi connectivity index (χ2v) is 4.82. The van der Waals surface area contributed by atoms with E-state index < -0.39 is 5.60 Å². The number of hydrogen-bond acceptors (Lipinski definition) is 6. The average Bonchev–Trinajstić information content (AvgIpc) is 3.08. The van der Waals surface area contributed by atoms with Gasteiger partial charge < -0.3 is 13.7 Å². The van der Waals surface area contributed by atoms with Crippen LogP contribution in [0.25, 0.3) is 11.6 Å². The molecule has 3 rings (SSSR count). The molecule has 0 amide bonds. The van der Waals surface area contributed by atoms with Crippen molar-refractivity contribution < 1.29 is 13.7 Å². The summed E-state index contributed by atoms with van der Waals surface area (Å²) in [7, 11) is 0. The molecule has 0 unspecified atom stereocenters. The molecule has 0 spiro atoms. The van der Waals surface area contributed by atoms with Crippen molar-refractivity contribution in [2.24, 2.45) is 0 Å². The Hall–Kier alpha value is -1.69. The number of aryl methyl sites for hydroxylation is 1. The average molecular weight is 263 g/mol. The highest BCUT2D eigenvalue weighted by Crippen LogP contribution is 2.41. The first-order valence-corrected chi connectivity index (χ1v) is 6.64. The van der Waals surface area contributed by atoms with E-state index in [1.165, 1.54) is 6.39 Å². The number of rotatable bonds is 4. The summed E-state index contributed by atoms with van der Waals surface area (Å²) in [5.41, 5.74) is 0.345. The fraction of sp³-hybridized carbons (Fsp3) is 0.615. The van der Waals surface area contributed by atoms with Gasteiger partial charge in [0.2, 0.25) is 5.82 Å². The van der Waals surface area contributed by atoms with Gasteiger partial charge in [0.05, 0.1) is 5.69 Å². The fourth-order valence-electron chi connectivity index (χ4n) is 2.66. The third-order valence-electron chi connectivity index (χ3n) is 3.60. The van der Waals surface area contributed by atoms with Gasteiger partial charge in [-0.25, -0.2) is 4.98 Å². The van der Waals surface area contributed by atoms with Gasteiger partial charge in [0.15, 0.2) is 12.2 Å². The second kappa shape index (κ2) is 4.77. The maximum Gasteiger partial charge on any atom is 0.259 e. The molecule has 0 aliphatic heterocycles. The van der Waals surface area contributed by atoms with Crippen molar-refractivity contribution in [2.45, 2.75) is 45.1 Å². The molecule has 0 N–H and O–H groups in total. The Morgan fingerprint density at radius 2 is 2.16 bits per heavy atom. The summed E-state index contributed by atoms with van der Waals surface area (Å²) >= 11 is 0. The summed E-state index contributed by atoms with van der Waals surface area (Å²) in [6, 6.07) is 0. The van der Waals surface area contributed by atoms with E-state index in [0.717, 1.165) is 31.4 Å². The largest absolute Gasteiger partial charge is 0.440 e. The quantitative estimate of drug-likeness (QED) is 0.844. The second-order valence-electron chi connectivity index (χ2n) is 4.82. The number of hydrogen-bond donors (Lipinski definition) is 0. The molecular formula is C13H17N3O3. The van der Waals surface area contributed by atoms with E-state index in [-0.39, 0.29) is 0 Å². The van der Waals surface area contributed by atoms with Gasteiger partial charge in [-0.15, -0.1) is 0 Å². The van der Waals surface area contributed by atoms with Crippen molar-refractivity contribution in [3.63, 3.8) is 0 Å². The Kier molecular flexibility index (Phi) is 3.10. The van der Waals surface area contributed by atoms with Crippen molar-refractivity contribution in [3.8, 4) is 11.6 Å². The molecule has 0 atom stereocenters. The van der Waals surface area contributed by atoms with E-state index in [0.29, 0.717) is 24.1 Å². The zero-order valence-electron chi connectivity index (χ0n) is 11.2. The molecule has 0 radical (unpaired) electrons. The number of nitrogens with zero attached hydrogens (tertiary/aromatic N) is 3. The first-order valence-electron chi connectivity index (χ1n) is 6.64. The summed E-state index contributed by atoms with van der Waals surface area (Å²) in [6.07, 6.45) is 5.49. The van der Waals surface area contributed by atoms with Crippen LogP contribution < -0.4 is 0 Å². The van der Waals surface area contributed by atoms with Gasteiger partial charge in [-0.05, 0) is 39.5 Å². The van der Waals surface area contributed by atoms with Crippen molar-refractivity contribution >= 4 is 0 Å². The molecule has 0 saturated heterocycles. The van der Waals surface area contributed by atoms with Crippen LogP contribution in [-0.2, 0) is 10.3 Å². The predicted molar refractivity (Wildman–Crippen MR) is 66.3 cm³/mol. The molecular weight excluding hydrogens is 246 g/mol. The van der Waals surface area contributed by atoms with Crippen LogP contribution in [0.1, 0.15) is 44.2 Å².